The van der Waals surface area contributed by atoms with Gasteiger partial charge in [0.2, 0.25) is 0 Å². The van der Waals surface area contributed by atoms with Crippen molar-refractivity contribution in [2.75, 3.05) is 45.2 Å². The van der Waals surface area contributed by atoms with Crippen molar-refractivity contribution < 1.29 is 0 Å². The van der Waals surface area contributed by atoms with E-state index in [0.717, 1.165) is 26.2 Å². The van der Waals surface area contributed by atoms with Crippen molar-refractivity contribution in [3.05, 3.63) is 30.3 Å². The predicted octanol–water partition coefficient (Wildman–Crippen LogP) is 2.05. The van der Waals surface area contributed by atoms with Crippen molar-refractivity contribution in [1.29, 1.82) is 0 Å². The number of nitrogens with zero attached hydrogens (tertiary/aromatic N) is 2. The lowest BCUT2D eigenvalue weighted by Gasteiger charge is -2.35. The van der Waals surface area contributed by atoms with E-state index in [2.05, 4.69) is 66.3 Å². The molecule has 1 N–H and O–H groups in total. The molecule has 1 atom stereocenters. The summed E-state index contributed by atoms with van der Waals surface area (Å²) in [6.07, 6.45) is 0. The first-order chi connectivity index (χ1) is 9.02. The van der Waals surface area contributed by atoms with E-state index in [1.807, 2.05) is 7.05 Å². The van der Waals surface area contributed by atoms with Crippen LogP contribution in [0.3, 0.4) is 0 Å². The molecule has 1 unspecified atom stereocenters. The summed E-state index contributed by atoms with van der Waals surface area (Å²) in [5, 5.41) is 3.34. The third-order valence-corrected chi connectivity index (χ3v) is 3.79. The number of hydrogen-bond acceptors (Lipinski definition) is 3. The SMILES string of the molecule is CNCC1CN(C)CC(C)(C)CN1c1ccccc1. The van der Waals surface area contributed by atoms with Crippen LogP contribution in [-0.2, 0) is 0 Å². The van der Waals surface area contributed by atoms with Gasteiger partial charge in [-0.2, -0.15) is 0 Å². The maximum Gasteiger partial charge on any atom is 0.0541 e. The molecule has 0 bridgehead atoms. The molecule has 0 radical (unpaired) electrons. The number of para-hydroxylation sites is 1. The summed E-state index contributed by atoms with van der Waals surface area (Å²) in [6.45, 7) is 9.11. The second-order valence-corrected chi connectivity index (χ2v) is 6.54. The van der Waals surface area contributed by atoms with Gasteiger partial charge in [0, 0.05) is 31.9 Å². The second-order valence-electron chi connectivity index (χ2n) is 6.54. The lowest BCUT2D eigenvalue weighted by Crippen LogP contribution is -2.47. The molecule has 1 aromatic carbocycles. The van der Waals surface area contributed by atoms with Crippen LogP contribution in [0.25, 0.3) is 0 Å². The zero-order chi connectivity index (χ0) is 13.9. The average molecular weight is 261 g/mol. The van der Waals surface area contributed by atoms with Crippen LogP contribution in [0.15, 0.2) is 30.3 Å². The quantitative estimate of drug-likeness (QED) is 0.898. The molecule has 1 saturated heterocycles. The minimum atomic E-state index is 0.313. The van der Waals surface area contributed by atoms with Gasteiger partial charge in [0.25, 0.3) is 0 Å². The van der Waals surface area contributed by atoms with E-state index in [1.165, 1.54) is 5.69 Å². The van der Waals surface area contributed by atoms with Crippen molar-refractivity contribution in [2.45, 2.75) is 19.9 Å². The van der Waals surface area contributed by atoms with Crippen LogP contribution in [0.5, 0.6) is 0 Å². The van der Waals surface area contributed by atoms with Crippen LogP contribution in [-0.4, -0.2) is 51.2 Å². The van der Waals surface area contributed by atoms with E-state index in [-0.39, 0.29) is 0 Å². The average Bonchev–Trinajstić information content (AvgIpc) is 2.46. The molecule has 1 fully saturated rings. The van der Waals surface area contributed by atoms with E-state index in [9.17, 15) is 0 Å². The normalized spacial score (nSPS) is 24.2. The topological polar surface area (TPSA) is 18.5 Å². The van der Waals surface area contributed by atoms with Crippen molar-refractivity contribution in [3.8, 4) is 0 Å². The number of hydrogen-bond donors (Lipinski definition) is 1. The fraction of sp³-hybridized carbons (Fsp3) is 0.625. The van der Waals surface area contributed by atoms with Gasteiger partial charge < -0.3 is 15.1 Å². The lowest BCUT2D eigenvalue weighted by molar-refractivity contribution is 0.239. The van der Waals surface area contributed by atoms with Gasteiger partial charge in [-0.25, -0.2) is 0 Å². The molecule has 106 valence electrons. The Bertz CT molecular complexity index is 388. The van der Waals surface area contributed by atoms with E-state index in [1.54, 1.807) is 0 Å². The summed E-state index contributed by atoms with van der Waals surface area (Å²) in [5.74, 6) is 0. The summed E-state index contributed by atoms with van der Waals surface area (Å²) >= 11 is 0. The monoisotopic (exact) mass is 261 g/mol. The Morgan fingerprint density at radius 3 is 2.53 bits per heavy atom. The van der Waals surface area contributed by atoms with Gasteiger partial charge in [0.15, 0.2) is 0 Å². The number of anilines is 1. The van der Waals surface area contributed by atoms with Crippen LogP contribution in [0.4, 0.5) is 5.69 Å². The van der Waals surface area contributed by atoms with Gasteiger partial charge in [-0.3, -0.25) is 0 Å². The van der Waals surface area contributed by atoms with Crippen LogP contribution in [0.2, 0.25) is 0 Å². The lowest BCUT2D eigenvalue weighted by atomic mass is 9.92. The van der Waals surface area contributed by atoms with Crippen molar-refractivity contribution >= 4 is 5.69 Å². The highest BCUT2D eigenvalue weighted by atomic mass is 15.3. The molecule has 0 amide bonds. The number of nitrogens with one attached hydrogen (secondary N) is 1. The van der Waals surface area contributed by atoms with E-state index in [0.29, 0.717) is 11.5 Å². The minimum absolute atomic E-state index is 0.313. The van der Waals surface area contributed by atoms with Gasteiger partial charge in [0.05, 0.1) is 6.04 Å². The van der Waals surface area contributed by atoms with Crippen LogP contribution < -0.4 is 10.2 Å². The molecule has 19 heavy (non-hydrogen) atoms. The number of rotatable bonds is 3. The highest BCUT2D eigenvalue weighted by molar-refractivity contribution is 5.48. The number of likely N-dealkylation sites (N-methyl/N-ethyl adjacent to an activating group) is 2. The Morgan fingerprint density at radius 1 is 1.21 bits per heavy atom. The van der Waals surface area contributed by atoms with Crippen molar-refractivity contribution in [3.63, 3.8) is 0 Å². The molecule has 1 aromatic rings. The maximum absolute atomic E-state index is 3.34. The Balaban J connectivity index is 2.28. The van der Waals surface area contributed by atoms with Gasteiger partial charge >= 0.3 is 0 Å². The highest BCUT2D eigenvalue weighted by Gasteiger charge is 2.32. The predicted molar refractivity (Wildman–Crippen MR) is 82.8 cm³/mol. The van der Waals surface area contributed by atoms with Crippen LogP contribution in [0, 0.1) is 5.41 Å². The highest BCUT2D eigenvalue weighted by Crippen LogP contribution is 2.28. The molecule has 1 aliphatic heterocycles. The summed E-state index contributed by atoms with van der Waals surface area (Å²) in [4.78, 5) is 5.03. The first-order valence-electron chi connectivity index (χ1n) is 7.17. The largest absolute Gasteiger partial charge is 0.365 e. The Hall–Kier alpha value is -1.06. The van der Waals surface area contributed by atoms with Crippen LogP contribution in [0.1, 0.15) is 13.8 Å². The van der Waals surface area contributed by atoms with Gasteiger partial charge in [-0.15, -0.1) is 0 Å². The summed E-state index contributed by atoms with van der Waals surface area (Å²) in [6, 6.07) is 11.3. The molecule has 2 rings (SSSR count). The van der Waals surface area contributed by atoms with E-state index >= 15 is 0 Å². The Morgan fingerprint density at radius 2 is 1.89 bits per heavy atom. The number of benzene rings is 1. The molecule has 0 aromatic heterocycles. The molecule has 0 saturated carbocycles. The molecule has 0 spiro atoms. The smallest absolute Gasteiger partial charge is 0.0541 e. The molecule has 1 aliphatic rings. The third kappa shape index (κ3) is 3.71. The van der Waals surface area contributed by atoms with Crippen molar-refractivity contribution in [1.82, 2.24) is 10.2 Å². The fourth-order valence-electron chi connectivity index (χ4n) is 3.23. The Labute approximate surface area is 117 Å². The van der Waals surface area contributed by atoms with Gasteiger partial charge in [0.1, 0.15) is 0 Å². The fourth-order valence-corrected chi connectivity index (χ4v) is 3.23. The molecule has 3 heteroatoms. The van der Waals surface area contributed by atoms with Crippen molar-refractivity contribution in [2.24, 2.45) is 5.41 Å². The second kappa shape index (κ2) is 5.93. The van der Waals surface area contributed by atoms with E-state index < -0.39 is 0 Å². The van der Waals surface area contributed by atoms with E-state index in [4.69, 9.17) is 0 Å². The zero-order valence-corrected chi connectivity index (χ0v) is 12.7. The molecule has 0 aliphatic carbocycles. The summed E-state index contributed by atoms with van der Waals surface area (Å²) in [5.41, 5.74) is 1.65. The maximum atomic E-state index is 3.34. The molecule has 1 heterocycles. The Kier molecular flexibility index (Phi) is 4.48. The molecule has 3 nitrogen and oxygen atoms in total. The van der Waals surface area contributed by atoms with Gasteiger partial charge in [-0.1, -0.05) is 32.0 Å². The molecular formula is C16H27N3. The summed E-state index contributed by atoms with van der Waals surface area (Å²) < 4.78 is 0. The van der Waals surface area contributed by atoms with Gasteiger partial charge in [-0.05, 0) is 31.6 Å². The molecular weight excluding hydrogens is 234 g/mol. The summed E-state index contributed by atoms with van der Waals surface area (Å²) in [7, 11) is 4.28. The third-order valence-electron chi connectivity index (χ3n) is 3.79. The van der Waals surface area contributed by atoms with Crippen LogP contribution >= 0.6 is 0 Å². The first kappa shape index (κ1) is 14.4. The minimum Gasteiger partial charge on any atom is -0.365 e. The first-order valence-corrected chi connectivity index (χ1v) is 7.17. The zero-order valence-electron chi connectivity index (χ0n) is 12.7. The standard InChI is InChI=1S/C16H27N3/c1-16(2)12-18(4)11-15(10-17-3)19(13-16)14-8-6-5-7-9-14/h5-9,15,17H,10-13H2,1-4H3.